The van der Waals surface area contributed by atoms with E-state index in [0.29, 0.717) is 17.7 Å². The fourth-order valence-corrected chi connectivity index (χ4v) is 2.01. The molecular weight excluding hydrogens is 304 g/mol. The second-order valence-corrected chi connectivity index (χ2v) is 4.76. The molecule has 0 radical (unpaired) electrons. The van der Waals surface area contributed by atoms with Gasteiger partial charge < -0.3 is 5.32 Å². The van der Waals surface area contributed by atoms with E-state index in [-0.39, 0.29) is 0 Å². The van der Waals surface area contributed by atoms with Crippen molar-refractivity contribution in [2.75, 3.05) is 5.32 Å². The molecule has 1 aromatic carbocycles. The van der Waals surface area contributed by atoms with Crippen LogP contribution in [0.1, 0.15) is 16.7 Å². The highest BCUT2D eigenvalue weighted by atomic mass is 79.9. The van der Waals surface area contributed by atoms with E-state index in [1.807, 2.05) is 18.2 Å². The maximum absolute atomic E-state index is 8.95. The first-order valence-corrected chi connectivity index (χ1v) is 6.30. The molecule has 0 unspecified atom stereocenters. The van der Waals surface area contributed by atoms with Crippen molar-refractivity contribution in [3.05, 3.63) is 57.8 Å². The number of anilines is 1. The van der Waals surface area contributed by atoms with Crippen molar-refractivity contribution in [2.24, 2.45) is 0 Å². The molecule has 0 aliphatic rings. The maximum Gasteiger partial charge on any atom is 0.101 e. The van der Waals surface area contributed by atoms with Crippen LogP contribution in [0, 0.1) is 22.7 Å². The Morgan fingerprint density at radius 3 is 2.58 bits per heavy atom. The molecule has 5 heteroatoms. The predicted molar refractivity (Wildman–Crippen MR) is 75.1 cm³/mol. The summed E-state index contributed by atoms with van der Waals surface area (Å²) in [7, 11) is 0. The van der Waals surface area contributed by atoms with Crippen LogP contribution in [-0.4, -0.2) is 4.98 Å². The Hall–Kier alpha value is -2.37. The summed E-state index contributed by atoms with van der Waals surface area (Å²) in [5.74, 6) is 0. The molecule has 0 saturated heterocycles. The number of nitriles is 2. The number of benzene rings is 1. The monoisotopic (exact) mass is 312 g/mol. The predicted octanol–water partition coefficient (Wildman–Crippen LogP) is 3.20. The van der Waals surface area contributed by atoms with E-state index in [1.165, 1.54) is 0 Å². The zero-order valence-corrected chi connectivity index (χ0v) is 11.5. The molecule has 0 bridgehead atoms. The Morgan fingerprint density at radius 1 is 1.11 bits per heavy atom. The average Bonchev–Trinajstić information content (AvgIpc) is 2.45. The molecule has 0 fully saturated rings. The molecule has 2 rings (SSSR count). The number of pyridine rings is 1. The molecule has 4 nitrogen and oxygen atoms in total. The highest BCUT2D eigenvalue weighted by Crippen LogP contribution is 2.16. The van der Waals surface area contributed by atoms with Crippen LogP contribution in [0.15, 0.2) is 41.1 Å². The van der Waals surface area contributed by atoms with Crippen LogP contribution in [0.2, 0.25) is 0 Å². The summed E-state index contributed by atoms with van der Waals surface area (Å²) in [6, 6.07) is 11.1. The van der Waals surface area contributed by atoms with Crippen LogP contribution < -0.4 is 5.32 Å². The van der Waals surface area contributed by atoms with E-state index in [2.05, 4.69) is 26.2 Å². The minimum Gasteiger partial charge on any atom is -0.381 e. The molecular formula is C14H9BrN4. The van der Waals surface area contributed by atoms with Crippen LogP contribution in [0.4, 0.5) is 5.69 Å². The van der Waals surface area contributed by atoms with Gasteiger partial charge in [0.2, 0.25) is 0 Å². The number of hydrogen-bond donors (Lipinski definition) is 1. The fourth-order valence-electron chi connectivity index (χ4n) is 1.60. The first kappa shape index (κ1) is 13.1. The Labute approximate surface area is 119 Å². The molecule has 92 valence electrons. The van der Waals surface area contributed by atoms with Gasteiger partial charge in [0.15, 0.2) is 0 Å². The van der Waals surface area contributed by atoms with Crippen molar-refractivity contribution in [2.45, 2.75) is 6.54 Å². The summed E-state index contributed by atoms with van der Waals surface area (Å²) in [6.45, 7) is 0.600. The Balaban J connectivity index is 2.13. The molecule has 2 aromatic rings. The Morgan fingerprint density at radius 2 is 1.89 bits per heavy atom. The summed E-state index contributed by atoms with van der Waals surface area (Å²) < 4.78 is 0.921. The summed E-state index contributed by atoms with van der Waals surface area (Å²) in [5.41, 5.74) is 2.59. The number of nitrogens with zero attached hydrogens (tertiary/aromatic N) is 3. The van der Waals surface area contributed by atoms with Gasteiger partial charge >= 0.3 is 0 Å². The molecule has 0 aliphatic carbocycles. The van der Waals surface area contributed by atoms with Crippen molar-refractivity contribution >= 4 is 21.6 Å². The van der Waals surface area contributed by atoms with Gasteiger partial charge in [-0.3, -0.25) is 4.98 Å². The van der Waals surface area contributed by atoms with Gasteiger partial charge in [0.25, 0.3) is 0 Å². The third-order valence-electron chi connectivity index (χ3n) is 2.52. The minimum atomic E-state index is 0.375. The lowest BCUT2D eigenvalue weighted by Crippen LogP contribution is -2.00. The van der Waals surface area contributed by atoms with E-state index in [4.69, 9.17) is 10.5 Å². The highest BCUT2D eigenvalue weighted by molar-refractivity contribution is 9.10. The van der Waals surface area contributed by atoms with Gasteiger partial charge in [-0.25, -0.2) is 0 Å². The van der Waals surface area contributed by atoms with Crippen LogP contribution in [0.3, 0.4) is 0 Å². The van der Waals surface area contributed by atoms with Crippen molar-refractivity contribution in [1.29, 1.82) is 10.5 Å². The van der Waals surface area contributed by atoms with Gasteiger partial charge in [0.1, 0.15) is 12.1 Å². The zero-order chi connectivity index (χ0) is 13.7. The molecule has 1 aromatic heterocycles. The van der Waals surface area contributed by atoms with Crippen molar-refractivity contribution < 1.29 is 0 Å². The molecule has 19 heavy (non-hydrogen) atoms. The number of aromatic nitrogens is 1. The van der Waals surface area contributed by atoms with Crippen molar-refractivity contribution in [3.63, 3.8) is 0 Å². The number of hydrogen-bond acceptors (Lipinski definition) is 4. The standard InChI is InChI=1S/C14H9BrN4/c15-13-3-10(7-18-9-13)8-19-14-2-1-11(5-16)12(4-14)6-17/h1-4,7,9,19H,8H2. The van der Waals surface area contributed by atoms with E-state index < -0.39 is 0 Å². The van der Waals surface area contributed by atoms with E-state index in [1.54, 1.807) is 30.6 Å². The third kappa shape index (κ3) is 3.31. The van der Waals surface area contributed by atoms with Gasteiger partial charge in [-0.15, -0.1) is 0 Å². The second-order valence-electron chi connectivity index (χ2n) is 3.85. The number of rotatable bonds is 3. The smallest absolute Gasteiger partial charge is 0.101 e. The lowest BCUT2D eigenvalue weighted by atomic mass is 10.1. The summed E-state index contributed by atoms with van der Waals surface area (Å²) in [5, 5.41) is 21.0. The van der Waals surface area contributed by atoms with E-state index >= 15 is 0 Å². The van der Waals surface area contributed by atoms with Gasteiger partial charge in [-0.1, -0.05) is 0 Å². The lowest BCUT2D eigenvalue weighted by molar-refractivity contribution is 1.11. The lowest BCUT2D eigenvalue weighted by Gasteiger charge is -2.07. The molecule has 0 aliphatic heterocycles. The van der Waals surface area contributed by atoms with Crippen molar-refractivity contribution in [3.8, 4) is 12.1 Å². The summed E-state index contributed by atoms with van der Waals surface area (Å²) in [4.78, 5) is 4.08. The summed E-state index contributed by atoms with van der Waals surface area (Å²) >= 11 is 3.36. The molecule has 0 amide bonds. The third-order valence-corrected chi connectivity index (χ3v) is 2.95. The quantitative estimate of drug-likeness (QED) is 0.944. The largest absolute Gasteiger partial charge is 0.381 e. The first-order chi connectivity index (χ1) is 9.22. The number of halogens is 1. The minimum absolute atomic E-state index is 0.375. The SMILES string of the molecule is N#Cc1ccc(NCc2cncc(Br)c2)cc1C#N. The van der Waals surface area contributed by atoms with Crippen LogP contribution in [0.5, 0.6) is 0 Å². The topological polar surface area (TPSA) is 72.5 Å². The normalized spacial score (nSPS) is 9.42. The Bertz CT molecular complexity index is 683. The van der Waals surface area contributed by atoms with Crippen molar-refractivity contribution in [1.82, 2.24) is 4.98 Å². The van der Waals surface area contributed by atoms with Crippen LogP contribution in [-0.2, 0) is 6.54 Å². The van der Waals surface area contributed by atoms with Gasteiger partial charge in [-0.2, -0.15) is 10.5 Å². The van der Waals surface area contributed by atoms with Gasteiger partial charge in [0.05, 0.1) is 11.1 Å². The molecule has 0 atom stereocenters. The maximum atomic E-state index is 8.95. The van der Waals surface area contributed by atoms with Crippen LogP contribution in [0.25, 0.3) is 0 Å². The molecule has 0 spiro atoms. The van der Waals surface area contributed by atoms with Crippen LogP contribution >= 0.6 is 15.9 Å². The second kappa shape index (κ2) is 5.99. The van der Waals surface area contributed by atoms with E-state index in [9.17, 15) is 0 Å². The molecule has 1 heterocycles. The molecule has 1 N–H and O–H groups in total. The average molecular weight is 313 g/mol. The fraction of sp³-hybridized carbons (Fsp3) is 0.0714. The zero-order valence-electron chi connectivity index (χ0n) is 9.89. The highest BCUT2D eigenvalue weighted by Gasteiger charge is 2.03. The van der Waals surface area contributed by atoms with E-state index in [0.717, 1.165) is 15.7 Å². The molecule has 0 saturated carbocycles. The van der Waals surface area contributed by atoms with Gasteiger partial charge in [0, 0.05) is 29.1 Å². The first-order valence-electron chi connectivity index (χ1n) is 5.50. The number of nitrogens with one attached hydrogen (secondary N) is 1. The van der Waals surface area contributed by atoms with Gasteiger partial charge in [-0.05, 0) is 45.8 Å². The Kier molecular flexibility index (Phi) is 4.12. The summed E-state index contributed by atoms with van der Waals surface area (Å²) in [6.07, 6.45) is 3.49.